The van der Waals surface area contributed by atoms with E-state index in [1.165, 1.54) is 0 Å². The molecule has 0 radical (unpaired) electrons. The van der Waals surface area contributed by atoms with Gasteiger partial charge in [-0.1, -0.05) is 0 Å². The fourth-order valence-electron chi connectivity index (χ4n) is 2.09. The van der Waals surface area contributed by atoms with Crippen molar-refractivity contribution in [1.82, 2.24) is 4.90 Å². The number of ketones is 1. The molecule has 0 saturated carbocycles. The maximum atomic E-state index is 12.0. The molecule has 4 nitrogen and oxygen atoms in total. The molecule has 0 spiro atoms. The fourth-order valence-corrected chi connectivity index (χ4v) is 2.22. The summed E-state index contributed by atoms with van der Waals surface area (Å²) in [5.74, 6) is 0.0896. The van der Waals surface area contributed by atoms with Gasteiger partial charge in [-0.2, -0.15) is 0 Å². The summed E-state index contributed by atoms with van der Waals surface area (Å²) < 4.78 is 5.36. The van der Waals surface area contributed by atoms with Crippen molar-refractivity contribution in [2.24, 2.45) is 0 Å². The number of carbonyl (C=O) groups is 2. The van der Waals surface area contributed by atoms with Gasteiger partial charge in [0.15, 0.2) is 0 Å². The van der Waals surface area contributed by atoms with Gasteiger partial charge in [0.05, 0.1) is 5.88 Å². The minimum absolute atomic E-state index is 0.0349. The number of amides is 1. The highest BCUT2D eigenvalue weighted by atomic mass is 35.5. The Morgan fingerprint density at radius 3 is 2.61 bits per heavy atom. The summed E-state index contributed by atoms with van der Waals surface area (Å²) >= 11 is 5.47. The lowest BCUT2D eigenvalue weighted by Gasteiger charge is -2.28. The normalized spacial score (nSPS) is 20.0. The average Bonchev–Trinajstić information content (AvgIpc) is 2.71. The molecule has 5 heteroatoms. The van der Waals surface area contributed by atoms with Crippen molar-refractivity contribution in [3.05, 3.63) is 0 Å². The molecule has 1 amide bonds. The van der Waals surface area contributed by atoms with E-state index in [9.17, 15) is 9.59 Å². The molecule has 1 saturated heterocycles. The average molecular weight is 276 g/mol. The summed E-state index contributed by atoms with van der Waals surface area (Å²) in [6, 6.07) is 0.118. The zero-order valence-electron chi connectivity index (χ0n) is 11.4. The van der Waals surface area contributed by atoms with Gasteiger partial charge in [-0.25, -0.2) is 4.79 Å². The second-order valence-electron chi connectivity index (χ2n) is 5.68. The Labute approximate surface area is 114 Å². The van der Waals surface area contributed by atoms with E-state index in [0.29, 0.717) is 19.4 Å². The molecule has 0 bridgehead atoms. The van der Waals surface area contributed by atoms with Crippen LogP contribution in [-0.2, 0) is 9.53 Å². The highest BCUT2D eigenvalue weighted by molar-refractivity contribution is 6.27. The Hall–Kier alpha value is -0.770. The number of halogens is 1. The number of hydrogen-bond acceptors (Lipinski definition) is 3. The Balaban J connectivity index is 2.49. The van der Waals surface area contributed by atoms with Gasteiger partial charge in [0.25, 0.3) is 0 Å². The van der Waals surface area contributed by atoms with Crippen molar-refractivity contribution in [2.75, 3.05) is 12.4 Å². The Morgan fingerprint density at radius 1 is 1.39 bits per heavy atom. The van der Waals surface area contributed by atoms with E-state index in [1.54, 1.807) is 4.90 Å². The van der Waals surface area contributed by atoms with Crippen molar-refractivity contribution < 1.29 is 14.3 Å². The van der Waals surface area contributed by atoms with Crippen molar-refractivity contribution in [3.8, 4) is 0 Å². The molecular formula is C13H22ClNO3. The van der Waals surface area contributed by atoms with Crippen LogP contribution in [-0.4, -0.2) is 40.8 Å². The van der Waals surface area contributed by atoms with Gasteiger partial charge >= 0.3 is 6.09 Å². The van der Waals surface area contributed by atoms with Crippen LogP contribution in [0.1, 0.15) is 46.5 Å². The highest BCUT2D eigenvalue weighted by Crippen LogP contribution is 2.24. The summed E-state index contributed by atoms with van der Waals surface area (Å²) in [6.45, 7) is 6.28. The molecule has 0 aromatic carbocycles. The first kappa shape index (κ1) is 15.3. The largest absolute Gasteiger partial charge is 0.444 e. The summed E-state index contributed by atoms with van der Waals surface area (Å²) in [5, 5.41) is 0. The first-order valence-corrected chi connectivity index (χ1v) is 6.94. The third-order valence-corrected chi connectivity index (χ3v) is 3.21. The van der Waals surface area contributed by atoms with Gasteiger partial charge in [0, 0.05) is 19.0 Å². The van der Waals surface area contributed by atoms with Crippen LogP contribution in [0.4, 0.5) is 4.79 Å². The van der Waals surface area contributed by atoms with Crippen molar-refractivity contribution in [3.63, 3.8) is 0 Å². The Bertz CT molecular complexity index is 312. The molecule has 104 valence electrons. The van der Waals surface area contributed by atoms with Crippen LogP contribution in [0.25, 0.3) is 0 Å². The molecule has 1 fully saturated rings. The van der Waals surface area contributed by atoms with E-state index in [0.717, 1.165) is 12.8 Å². The number of hydrogen-bond donors (Lipinski definition) is 0. The number of carbonyl (C=O) groups excluding carboxylic acids is 2. The third kappa shape index (κ3) is 4.84. The molecule has 1 rings (SSSR count). The van der Waals surface area contributed by atoms with Crippen LogP contribution in [0.3, 0.4) is 0 Å². The first-order chi connectivity index (χ1) is 8.33. The number of nitrogens with zero attached hydrogens (tertiary/aromatic N) is 1. The zero-order valence-corrected chi connectivity index (χ0v) is 12.1. The molecule has 0 aromatic heterocycles. The van der Waals surface area contributed by atoms with E-state index >= 15 is 0 Å². The first-order valence-electron chi connectivity index (χ1n) is 6.41. The minimum Gasteiger partial charge on any atom is -0.444 e. The predicted molar refractivity (Wildman–Crippen MR) is 70.9 cm³/mol. The van der Waals surface area contributed by atoms with Crippen molar-refractivity contribution in [2.45, 2.75) is 58.1 Å². The number of Topliss-reactive ketones (excluding diaryl/α,β-unsaturated/α-hetero) is 1. The topological polar surface area (TPSA) is 46.6 Å². The molecule has 18 heavy (non-hydrogen) atoms. The molecule has 1 aliphatic rings. The lowest BCUT2D eigenvalue weighted by Crippen LogP contribution is -2.40. The lowest BCUT2D eigenvalue weighted by atomic mass is 10.1. The maximum absolute atomic E-state index is 12.0. The van der Waals surface area contributed by atoms with Gasteiger partial charge in [0.1, 0.15) is 11.4 Å². The maximum Gasteiger partial charge on any atom is 0.410 e. The minimum atomic E-state index is -0.476. The summed E-state index contributed by atoms with van der Waals surface area (Å²) in [7, 11) is 0. The van der Waals surface area contributed by atoms with Gasteiger partial charge in [0.2, 0.25) is 0 Å². The van der Waals surface area contributed by atoms with Gasteiger partial charge < -0.3 is 9.64 Å². The highest BCUT2D eigenvalue weighted by Gasteiger charge is 2.31. The molecule has 0 unspecified atom stereocenters. The molecule has 0 aromatic rings. The van der Waals surface area contributed by atoms with Crippen molar-refractivity contribution in [1.29, 1.82) is 0 Å². The molecular weight excluding hydrogens is 254 g/mol. The summed E-state index contributed by atoms with van der Waals surface area (Å²) in [4.78, 5) is 24.9. The predicted octanol–water partition coefficient (Wildman–Crippen LogP) is 2.97. The van der Waals surface area contributed by atoms with E-state index in [1.807, 2.05) is 20.8 Å². The fraction of sp³-hybridized carbons (Fsp3) is 0.846. The van der Waals surface area contributed by atoms with E-state index in [2.05, 4.69) is 0 Å². The summed E-state index contributed by atoms with van der Waals surface area (Å²) in [5.41, 5.74) is -0.476. The van der Waals surface area contributed by atoms with Crippen LogP contribution in [0.15, 0.2) is 0 Å². The second kappa shape index (κ2) is 6.41. The van der Waals surface area contributed by atoms with Gasteiger partial charge in [-0.3, -0.25) is 4.79 Å². The quantitative estimate of drug-likeness (QED) is 0.741. The number of ether oxygens (including phenoxy) is 1. The van der Waals surface area contributed by atoms with E-state index in [-0.39, 0.29) is 23.8 Å². The Morgan fingerprint density at radius 2 is 2.06 bits per heavy atom. The van der Waals surface area contributed by atoms with Crippen LogP contribution in [0.5, 0.6) is 0 Å². The number of rotatable bonds is 4. The van der Waals surface area contributed by atoms with Crippen LogP contribution < -0.4 is 0 Å². The standard InChI is InChI=1S/C13H22ClNO3/c1-13(2,3)18-12(17)15-8-4-5-10(15)6-7-11(16)9-14/h10H,4-9H2,1-3H3/t10-/m1/s1. The Kier molecular flexibility index (Phi) is 5.45. The van der Waals surface area contributed by atoms with E-state index < -0.39 is 5.60 Å². The zero-order chi connectivity index (χ0) is 13.8. The number of likely N-dealkylation sites (tertiary alicyclic amines) is 1. The van der Waals surface area contributed by atoms with Crippen molar-refractivity contribution >= 4 is 23.5 Å². The molecule has 1 atom stereocenters. The molecule has 1 heterocycles. The lowest BCUT2D eigenvalue weighted by molar-refractivity contribution is -0.117. The van der Waals surface area contributed by atoms with Crippen LogP contribution in [0.2, 0.25) is 0 Å². The molecule has 0 N–H and O–H groups in total. The number of alkyl halides is 1. The van der Waals surface area contributed by atoms with Gasteiger partial charge in [-0.15, -0.1) is 11.6 Å². The second-order valence-corrected chi connectivity index (χ2v) is 5.95. The van der Waals surface area contributed by atoms with Crippen LogP contribution >= 0.6 is 11.6 Å². The summed E-state index contributed by atoms with van der Waals surface area (Å²) in [6.07, 6.45) is 2.76. The van der Waals surface area contributed by atoms with Crippen LogP contribution in [0, 0.1) is 0 Å². The van der Waals surface area contributed by atoms with Gasteiger partial charge in [-0.05, 0) is 40.0 Å². The SMILES string of the molecule is CC(C)(C)OC(=O)N1CCC[C@@H]1CCC(=O)CCl. The van der Waals surface area contributed by atoms with E-state index in [4.69, 9.17) is 16.3 Å². The monoisotopic (exact) mass is 275 g/mol. The molecule has 0 aliphatic carbocycles. The third-order valence-electron chi connectivity index (χ3n) is 2.91. The molecule has 1 aliphatic heterocycles. The smallest absolute Gasteiger partial charge is 0.410 e.